The van der Waals surface area contributed by atoms with Crippen LogP contribution in [0.25, 0.3) is 0 Å². The number of rotatable bonds is 10. The largest absolute Gasteiger partial charge is 0.294 e. The number of carbonyl (C=O) groups excluding carboxylic acids is 1. The third-order valence-corrected chi connectivity index (χ3v) is 4.88. The zero-order chi connectivity index (χ0) is 15.7. The molecule has 0 spiro atoms. The molecule has 1 aromatic carbocycles. The van der Waals surface area contributed by atoms with Gasteiger partial charge in [-0.1, -0.05) is 71.2 Å². The Morgan fingerprint density at radius 3 is 1.90 bits per heavy atom. The van der Waals surface area contributed by atoms with Gasteiger partial charge >= 0.3 is 0 Å². The van der Waals surface area contributed by atoms with E-state index in [1.165, 1.54) is 37.7 Å². The first-order valence-electron chi connectivity index (χ1n) is 8.73. The van der Waals surface area contributed by atoms with Crippen molar-refractivity contribution in [2.75, 3.05) is 0 Å². The van der Waals surface area contributed by atoms with E-state index in [0.717, 1.165) is 18.4 Å². The van der Waals surface area contributed by atoms with Crippen LogP contribution in [-0.4, -0.2) is 5.78 Å². The van der Waals surface area contributed by atoms with E-state index in [1.807, 2.05) is 12.1 Å². The molecule has 0 aliphatic rings. The Labute approximate surface area is 131 Å². The molecule has 1 nitrogen and oxygen atoms in total. The summed E-state index contributed by atoms with van der Waals surface area (Å²) in [4.78, 5) is 12.4. The van der Waals surface area contributed by atoms with Gasteiger partial charge in [-0.3, -0.25) is 4.79 Å². The molecule has 1 rings (SSSR count). The van der Waals surface area contributed by atoms with Crippen molar-refractivity contribution >= 4 is 5.78 Å². The molecule has 0 atom stereocenters. The molecule has 1 aromatic rings. The van der Waals surface area contributed by atoms with Gasteiger partial charge in [0.1, 0.15) is 0 Å². The summed E-state index contributed by atoms with van der Waals surface area (Å²) in [7, 11) is 0. The van der Waals surface area contributed by atoms with Crippen LogP contribution < -0.4 is 0 Å². The highest BCUT2D eigenvalue weighted by Crippen LogP contribution is 2.38. The predicted octanol–water partition coefficient (Wildman–Crippen LogP) is 6.21. The van der Waals surface area contributed by atoms with Gasteiger partial charge in [-0.15, -0.1) is 0 Å². The lowest BCUT2D eigenvalue weighted by atomic mass is 9.73. The lowest BCUT2D eigenvalue weighted by molar-refractivity contribution is 0.0943. The fraction of sp³-hybridized carbons (Fsp3) is 0.650. The van der Waals surface area contributed by atoms with E-state index >= 15 is 0 Å². The Morgan fingerprint density at radius 1 is 0.905 bits per heavy atom. The van der Waals surface area contributed by atoms with Gasteiger partial charge in [-0.05, 0) is 36.7 Å². The molecule has 0 saturated heterocycles. The summed E-state index contributed by atoms with van der Waals surface area (Å²) in [5.41, 5.74) is 2.55. The van der Waals surface area contributed by atoms with Crippen LogP contribution in [0, 0.1) is 5.41 Å². The maximum Gasteiger partial charge on any atom is 0.162 e. The van der Waals surface area contributed by atoms with Crippen molar-refractivity contribution in [2.45, 2.75) is 79.1 Å². The second-order valence-electron chi connectivity index (χ2n) is 6.33. The van der Waals surface area contributed by atoms with E-state index in [4.69, 9.17) is 0 Å². The van der Waals surface area contributed by atoms with Gasteiger partial charge in [0.25, 0.3) is 0 Å². The second kappa shape index (κ2) is 9.02. The van der Waals surface area contributed by atoms with Gasteiger partial charge in [0, 0.05) is 12.0 Å². The van der Waals surface area contributed by atoms with Gasteiger partial charge in [0.2, 0.25) is 0 Å². The van der Waals surface area contributed by atoms with Gasteiger partial charge in [0.05, 0.1) is 0 Å². The topological polar surface area (TPSA) is 17.1 Å². The Bertz CT molecular complexity index is 410. The Kier molecular flexibility index (Phi) is 7.71. The molecule has 0 aromatic heterocycles. The highest BCUT2D eigenvalue weighted by Gasteiger charge is 2.26. The molecule has 0 amide bonds. The lowest BCUT2D eigenvalue weighted by Crippen LogP contribution is -2.21. The number of carbonyl (C=O) groups is 1. The van der Waals surface area contributed by atoms with Gasteiger partial charge in [0.15, 0.2) is 5.78 Å². The van der Waals surface area contributed by atoms with Crippen molar-refractivity contribution in [1.82, 2.24) is 0 Å². The molecule has 0 heterocycles. The maximum absolute atomic E-state index is 12.4. The zero-order valence-electron chi connectivity index (χ0n) is 14.4. The minimum Gasteiger partial charge on any atom is -0.294 e. The minimum atomic E-state index is 0.308. The van der Waals surface area contributed by atoms with E-state index in [2.05, 4.69) is 39.8 Å². The fourth-order valence-electron chi connectivity index (χ4n) is 3.42. The minimum absolute atomic E-state index is 0.308. The van der Waals surface area contributed by atoms with Crippen LogP contribution in [0.4, 0.5) is 0 Å². The Hall–Kier alpha value is -1.11. The average Bonchev–Trinajstić information content (AvgIpc) is 2.52. The van der Waals surface area contributed by atoms with E-state index < -0.39 is 0 Å². The summed E-state index contributed by atoms with van der Waals surface area (Å²) in [6.07, 6.45) is 8.88. The van der Waals surface area contributed by atoms with Crippen LogP contribution >= 0.6 is 0 Å². The standard InChI is InChI=1S/C20H32O/c1-5-14-20(8-4,15-6-2)16-13-19(21)18-11-9-17(7-3)10-12-18/h9-12H,5-8,13-16H2,1-4H3. The Balaban J connectivity index is 2.67. The van der Waals surface area contributed by atoms with Crippen LogP contribution in [0.3, 0.4) is 0 Å². The molecule has 0 bridgehead atoms. The van der Waals surface area contributed by atoms with Gasteiger partial charge in [-0.25, -0.2) is 0 Å². The van der Waals surface area contributed by atoms with Crippen molar-refractivity contribution in [3.05, 3.63) is 35.4 Å². The Morgan fingerprint density at radius 2 is 1.48 bits per heavy atom. The van der Waals surface area contributed by atoms with E-state index in [0.29, 0.717) is 17.6 Å². The number of Topliss-reactive ketones (excluding diaryl/α,β-unsaturated/α-hetero) is 1. The summed E-state index contributed by atoms with van der Waals surface area (Å²) < 4.78 is 0. The van der Waals surface area contributed by atoms with E-state index in [-0.39, 0.29) is 0 Å². The van der Waals surface area contributed by atoms with Crippen LogP contribution in [0.1, 0.15) is 88.6 Å². The van der Waals surface area contributed by atoms with E-state index in [9.17, 15) is 4.79 Å². The lowest BCUT2D eigenvalue weighted by Gasteiger charge is -2.32. The van der Waals surface area contributed by atoms with Crippen molar-refractivity contribution in [2.24, 2.45) is 5.41 Å². The average molecular weight is 288 g/mol. The summed E-state index contributed by atoms with van der Waals surface area (Å²) in [5, 5.41) is 0. The van der Waals surface area contributed by atoms with E-state index in [1.54, 1.807) is 0 Å². The third kappa shape index (κ3) is 5.30. The van der Waals surface area contributed by atoms with Crippen LogP contribution in [-0.2, 0) is 6.42 Å². The molecular formula is C20H32O. The summed E-state index contributed by atoms with van der Waals surface area (Å²) in [6, 6.07) is 8.15. The first-order chi connectivity index (χ1) is 10.1. The molecule has 0 fully saturated rings. The summed E-state index contributed by atoms with van der Waals surface area (Å²) in [6.45, 7) is 8.94. The molecule has 0 saturated carbocycles. The molecule has 1 heteroatoms. The molecule has 0 radical (unpaired) electrons. The molecule has 0 aliphatic carbocycles. The summed E-state index contributed by atoms with van der Waals surface area (Å²) >= 11 is 0. The van der Waals surface area contributed by atoms with Crippen LogP contribution in [0.5, 0.6) is 0 Å². The molecule has 0 unspecified atom stereocenters. The predicted molar refractivity (Wildman–Crippen MR) is 91.9 cm³/mol. The maximum atomic E-state index is 12.4. The quantitative estimate of drug-likeness (QED) is 0.468. The number of benzene rings is 1. The normalized spacial score (nSPS) is 11.6. The highest BCUT2D eigenvalue weighted by atomic mass is 16.1. The monoisotopic (exact) mass is 288 g/mol. The number of hydrogen-bond donors (Lipinski definition) is 0. The zero-order valence-corrected chi connectivity index (χ0v) is 14.4. The second-order valence-corrected chi connectivity index (χ2v) is 6.33. The van der Waals surface area contributed by atoms with Crippen LogP contribution in [0.2, 0.25) is 0 Å². The van der Waals surface area contributed by atoms with Crippen molar-refractivity contribution in [1.29, 1.82) is 0 Å². The number of ketones is 1. The summed E-state index contributed by atoms with van der Waals surface area (Å²) in [5.74, 6) is 0.308. The third-order valence-electron chi connectivity index (χ3n) is 4.88. The molecule has 0 N–H and O–H groups in total. The smallest absolute Gasteiger partial charge is 0.162 e. The first-order valence-corrected chi connectivity index (χ1v) is 8.73. The van der Waals surface area contributed by atoms with Crippen molar-refractivity contribution < 1.29 is 4.79 Å². The first kappa shape index (κ1) is 17.9. The van der Waals surface area contributed by atoms with Gasteiger partial charge < -0.3 is 0 Å². The number of aryl methyl sites for hydroxylation is 1. The molecule has 0 aliphatic heterocycles. The van der Waals surface area contributed by atoms with Crippen molar-refractivity contribution in [3.63, 3.8) is 0 Å². The SMILES string of the molecule is CCCC(CC)(CCC)CCC(=O)c1ccc(CC)cc1. The van der Waals surface area contributed by atoms with Crippen molar-refractivity contribution in [3.8, 4) is 0 Å². The molecular weight excluding hydrogens is 256 g/mol. The molecule has 21 heavy (non-hydrogen) atoms. The highest BCUT2D eigenvalue weighted by molar-refractivity contribution is 5.96. The molecule has 118 valence electrons. The van der Waals surface area contributed by atoms with Gasteiger partial charge in [-0.2, -0.15) is 0 Å². The number of hydrogen-bond acceptors (Lipinski definition) is 1. The fourth-order valence-corrected chi connectivity index (χ4v) is 3.42. The van der Waals surface area contributed by atoms with Crippen LogP contribution in [0.15, 0.2) is 24.3 Å².